The highest BCUT2D eigenvalue weighted by molar-refractivity contribution is 5.76. The average molecular weight is 323 g/mol. The Kier molecular flexibility index (Phi) is 3.40. The first kappa shape index (κ1) is 14.9. The van der Waals surface area contributed by atoms with E-state index in [-0.39, 0.29) is 5.56 Å². The molecule has 124 valence electrons. The van der Waals surface area contributed by atoms with Crippen LogP contribution in [-0.2, 0) is 7.05 Å². The van der Waals surface area contributed by atoms with Gasteiger partial charge in [0.25, 0.3) is 5.56 Å². The second-order valence-corrected chi connectivity index (χ2v) is 6.71. The molecule has 1 fully saturated rings. The van der Waals surface area contributed by atoms with Gasteiger partial charge >= 0.3 is 0 Å². The molecule has 0 bridgehead atoms. The summed E-state index contributed by atoms with van der Waals surface area (Å²) in [5.74, 6) is 2.00. The summed E-state index contributed by atoms with van der Waals surface area (Å²) in [6, 6.07) is 8.57. The number of hydrogen-bond donors (Lipinski definition) is 0. The number of para-hydroxylation sites is 2. The Labute approximate surface area is 140 Å². The summed E-state index contributed by atoms with van der Waals surface area (Å²) in [7, 11) is 1.75. The molecule has 3 heterocycles. The van der Waals surface area contributed by atoms with E-state index >= 15 is 0 Å². The van der Waals surface area contributed by atoms with Crippen LogP contribution in [-0.4, -0.2) is 32.2 Å². The number of aryl methyl sites for hydroxylation is 1. The highest BCUT2D eigenvalue weighted by Crippen LogP contribution is 2.32. The fraction of sp³-hybridized carbons (Fsp3) is 0.389. The largest absolute Gasteiger partial charge is 0.348 e. The van der Waals surface area contributed by atoms with Gasteiger partial charge in [-0.25, -0.2) is 9.97 Å². The number of hydrogen-bond acceptors (Lipinski definition) is 4. The van der Waals surface area contributed by atoms with Crippen LogP contribution >= 0.6 is 0 Å². The van der Waals surface area contributed by atoms with Gasteiger partial charge in [-0.05, 0) is 12.1 Å². The Morgan fingerprint density at radius 2 is 1.96 bits per heavy atom. The van der Waals surface area contributed by atoms with E-state index < -0.39 is 0 Å². The van der Waals surface area contributed by atoms with Crippen LogP contribution in [0.3, 0.4) is 0 Å². The lowest BCUT2D eigenvalue weighted by Crippen LogP contribution is -2.51. The molecule has 0 atom stereocenters. The summed E-state index contributed by atoms with van der Waals surface area (Å²) in [5, 5.41) is 0. The highest BCUT2D eigenvalue weighted by atomic mass is 16.1. The van der Waals surface area contributed by atoms with Gasteiger partial charge < -0.3 is 14.0 Å². The van der Waals surface area contributed by atoms with E-state index in [4.69, 9.17) is 4.98 Å². The van der Waals surface area contributed by atoms with Gasteiger partial charge in [-0.2, -0.15) is 0 Å². The molecule has 0 radical (unpaired) electrons. The number of imidazole rings is 1. The molecule has 0 unspecified atom stereocenters. The van der Waals surface area contributed by atoms with E-state index in [9.17, 15) is 4.79 Å². The number of aromatic nitrogens is 4. The van der Waals surface area contributed by atoms with E-state index in [1.54, 1.807) is 24.0 Å². The van der Waals surface area contributed by atoms with E-state index in [1.807, 2.05) is 11.0 Å². The van der Waals surface area contributed by atoms with E-state index in [0.29, 0.717) is 17.8 Å². The fourth-order valence-corrected chi connectivity index (χ4v) is 3.35. The van der Waals surface area contributed by atoms with Crippen molar-refractivity contribution < 1.29 is 0 Å². The number of anilines is 1. The molecule has 0 saturated carbocycles. The zero-order valence-corrected chi connectivity index (χ0v) is 14.2. The second-order valence-electron chi connectivity index (χ2n) is 6.71. The number of fused-ring (bicyclic) bond motifs is 1. The summed E-state index contributed by atoms with van der Waals surface area (Å²) in [5.41, 5.74) is 2.16. The van der Waals surface area contributed by atoms with Gasteiger partial charge in [0.1, 0.15) is 5.82 Å². The fourth-order valence-electron chi connectivity index (χ4n) is 3.35. The lowest BCUT2D eigenvalue weighted by atomic mass is 10.1. The minimum absolute atomic E-state index is 0.0458. The molecule has 4 rings (SSSR count). The van der Waals surface area contributed by atoms with Crippen molar-refractivity contribution in [3.8, 4) is 0 Å². The van der Waals surface area contributed by atoms with Crippen LogP contribution in [0.15, 0.2) is 41.5 Å². The van der Waals surface area contributed by atoms with Crippen LogP contribution < -0.4 is 10.5 Å². The molecule has 0 amide bonds. The third-order valence-corrected chi connectivity index (χ3v) is 4.67. The second kappa shape index (κ2) is 5.47. The van der Waals surface area contributed by atoms with Crippen molar-refractivity contribution in [1.82, 2.24) is 19.1 Å². The van der Waals surface area contributed by atoms with E-state index in [1.165, 1.54) is 5.52 Å². The minimum atomic E-state index is -0.0458. The molecule has 6 nitrogen and oxygen atoms in total. The smallest absolute Gasteiger partial charge is 0.293 e. The maximum atomic E-state index is 12.2. The van der Waals surface area contributed by atoms with Crippen LogP contribution in [0, 0.1) is 0 Å². The number of rotatable bonds is 3. The molecule has 0 spiro atoms. The molecule has 6 heteroatoms. The standard InChI is InChI=1S/C18H21N5O/c1-12(2)16-20-14-6-4-5-7-15(14)23(16)13-10-22(11-13)17-18(24)21(3)9-8-19-17/h4-9,12-13H,10-11H2,1-3H3. The molecule has 1 aliphatic rings. The maximum Gasteiger partial charge on any atom is 0.293 e. The van der Waals surface area contributed by atoms with Crippen LogP contribution in [0.2, 0.25) is 0 Å². The van der Waals surface area contributed by atoms with Gasteiger partial charge in [-0.15, -0.1) is 0 Å². The SMILES string of the molecule is CC(C)c1nc2ccccc2n1C1CN(c2nccn(C)c2=O)C1. The minimum Gasteiger partial charge on any atom is -0.348 e. The predicted octanol–water partition coefficient (Wildman–Crippen LogP) is 2.31. The Morgan fingerprint density at radius 3 is 2.71 bits per heavy atom. The Bertz CT molecular complexity index is 949. The quantitative estimate of drug-likeness (QED) is 0.742. The molecule has 1 aliphatic heterocycles. The number of benzene rings is 1. The lowest BCUT2D eigenvalue weighted by Gasteiger charge is -2.41. The summed E-state index contributed by atoms with van der Waals surface area (Å²) < 4.78 is 3.91. The van der Waals surface area contributed by atoms with Gasteiger partial charge in [-0.3, -0.25) is 4.79 Å². The highest BCUT2D eigenvalue weighted by Gasteiger charge is 2.33. The Morgan fingerprint density at radius 1 is 1.21 bits per heavy atom. The van der Waals surface area contributed by atoms with Crippen LogP contribution in [0.25, 0.3) is 11.0 Å². The van der Waals surface area contributed by atoms with Crippen LogP contribution in [0.4, 0.5) is 5.82 Å². The molecular formula is C18H21N5O. The van der Waals surface area contributed by atoms with Crippen molar-refractivity contribution in [1.29, 1.82) is 0 Å². The molecule has 3 aromatic rings. The molecule has 0 aliphatic carbocycles. The summed E-state index contributed by atoms with van der Waals surface area (Å²) >= 11 is 0. The zero-order valence-electron chi connectivity index (χ0n) is 14.2. The van der Waals surface area contributed by atoms with Gasteiger partial charge in [0.15, 0.2) is 5.82 Å². The molecule has 0 N–H and O–H groups in total. The Balaban J connectivity index is 1.68. The third kappa shape index (κ3) is 2.21. The number of nitrogens with zero attached hydrogens (tertiary/aromatic N) is 5. The maximum absolute atomic E-state index is 12.2. The first-order valence-electron chi connectivity index (χ1n) is 8.29. The van der Waals surface area contributed by atoms with Crippen molar-refractivity contribution in [2.24, 2.45) is 7.05 Å². The summed E-state index contributed by atoms with van der Waals surface area (Å²) in [6.45, 7) is 5.91. The van der Waals surface area contributed by atoms with Gasteiger partial charge in [0.2, 0.25) is 0 Å². The summed E-state index contributed by atoms with van der Waals surface area (Å²) in [4.78, 5) is 23.3. The van der Waals surface area contributed by atoms with Gasteiger partial charge in [-0.1, -0.05) is 26.0 Å². The zero-order chi connectivity index (χ0) is 16.8. The van der Waals surface area contributed by atoms with Crippen molar-refractivity contribution in [3.05, 3.63) is 52.8 Å². The van der Waals surface area contributed by atoms with E-state index in [0.717, 1.165) is 24.4 Å². The summed E-state index contributed by atoms with van der Waals surface area (Å²) in [6.07, 6.45) is 3.36. The van der Waals surface area contributed by atoms with Gasteiger partial charge in [0.05, 0.1) is 17.1 Å². The van der Waals surface area contributed by atoms with Crippen LogP contribution in [0.1, 0.15) is 31.6 Å². The monoisotopic (exact) mass is 323 g/mol. The molecule has 1 saturated heterocycles. The molecule has 24 heavy (non-hydrogen) atoms. The van der Waals surface area contributed by atoms with E-state index in [2.05, 4.69) is 41.6 Å². The molecular weight excluding hydrogens is 302 g/mol. The van der Waals surface area contributed by atoms with Crippen molar-refractivity contribution in [3.63, 3.8) is 0 Å². The predicted molar refractivity (Wildman–Crippen MR) is 94.6 cm³/mol. The van der Waals surface area contributed by atoms with Crippen LogP contribution in [0.5, 0.6) is 0 Å². The van der Waals surface area contributed by atoms with Crippen molar-refractivity contribution in [2.75, 3.05) is 18.0 Å². The first-order valence-corrected chi connectivity index (χ1v) is 8.29. The lowest BCUT2D eigenvalue weighted by molar-refractivity contribution is 0.389. The molecule has 2 aromatic heterocycles. The van der Waals surface area contributed by atoms with Crippen molar-refractivity contribution in [2.45, 2.75) is 25.8 Å². The normalized spacial score (nSPS) is 15.2. The van der Waals surface area contributed by atoms with Crippen molar-refractivity contribution >= 4 is 16.9 Å². The first-order chi connectivity index (χ1) is 11.6. The molecule has 1 aromatic carbocycles. The Hall–Kier alpha value is -2.63. The topological polar surface area (TPSA) is 56.0 Å². The third-order valence-electron chi connectivity index (χ3n) is 4.67. The average Bonchev–Trinajstić information content (AvgIpc) is 2.90. The van der Waals surface area contributed by atoms with Gasteiger partial charge in [0, 0.05) is 38.4 Å².